The lowest BCUT2D eigenvalue weighted by Crippen LogP contribution is -2.00. The molecule has 6 nitrogen and oxygen atoms in total. The molecule has 0 saturated heterocycles. The van der Waals surface area contributed by atoms with Gasteiger partial charge in [0.1, 0.15) is 6.61 Å². The monoisotopic (exact) mass is 370 g/mol. The van der Waals surface area contributed by atoms with Gasteiger partial charge in [0.2, 0.25) is 0 Å². The second-order valence-corrected chi connectivity index (χ2v) is 6.05. The Hall–Kier alpha value is -2.86. The summed E-state index contributed by atoms with van der Waals surface area (Å²) < 4.78 is 13.0. The van der Waals surface area contributed by atoms with Crippen LogP contribution in [-0.2, 0) is 6.61 Å². The number of aryl methyl sites for hydroxylation is 2. The highest BCUT2D eigenvalue weighted by Gasteiger charge is 2.08. The molecule has 3 aromatic rings. The Morgan fingerprint density at radius 1 is 1.08 bits per heavy atom. The molecule has 1 heterocycles. The smallest absolute Gasteiger partial charge is 0.161 e. The van der Waals surface area contributed by atoms with Crippen LogP contribution in [0, 0.1) is 13.8 Å². The highest BCUT2D eigenvalue weighted by Crippen LogP contribution is 2.29. The molecule has 0 bridgehead atoms. The molecule has 0 amide bonds. The van der Waals surface area contributed by atoms with Crippen LogP contribution < -0.4 is 9.47 Å². The van der Waals surface area contributed by atoms with Gasteiger partial charge in [0.15, 0.2) is 23.1 Å². The van der Waals surface area contributed by atoms with Gasteiger partial charge in [0.25, 0.3) is 0 Å². The van der Waals surface area contributed by atoms with Crippen LogP contribution >= 0.6 is 11.6 Å². The molecule has 0 fully saturated rings. The van der Waals surface area contributed by atoms with Crippen molar-refractivity contribution in [2.45, 2.75) is 20.5 Å². The fourth-order valence-electron chi connectivity index (χ4n) is 2.41. The summed E-state index contributed by atoms with van der Waals surface area (Å²) >= 11 is 6.16. The lowest BCUT2D eigenvalue weighted by molar-refractivity contribution is 0.284. The van der Waals surface area contributed by atoms with E-state index in [1.54, 1.807) is 18.0 Å². The minimum absolute atomic E-state index is 0.364. The molecule has 0 aliphatic carbocycles. The van der Waals surface area contributed by atoms with Gasteiger partial charge >= 0.3 is 0 Å². The summed E-state index contributed by atoms with van der Waals surface area (Å²) in [4.78, 5) is 0. The second kappa shape index (κ2) is 8.01. The zero-order valence-electron chi connectivity index (χ0n) is 14.8. The molecule has 0 radical (unpaired) electrons. The first-order chi connectivity index (χ1) is 12.6. The maximum absolute atomic E-state index is 6.16. The number of ether oxygens (including phenoxy) is 2. The maximum atomic E-state index is 6.16. The van der Waals surface area contributed by atoms with Crippen LogP contribution in [0.25, 0.3) is 0 Å². The van der Waals surface area contributed by atoms with Crippen LogP contribution in [0.5, 0.6) is 11.5 Å². The van der Waals surface area contributed by atoms with Crippen molar-refractivity contribution in [3.05, 3.63) is 70.3 Å². The number of hydrogen-bond donors (Lipinski definition) is 0. The van der Waals surface area contributed by atoms with Gasteiger partial charge in [-0.15, -0.1) is 10.2 Å². The lowest BCUT2D eigenvalue weighted by Gasteiger charge is -2.12. The number of halogens is 1. The quantitative estimate of drug-likeness (QED) is 0.615. The van der Waals surface area contributed by atoms with Crippen molar-refractivity contribution in [1.29, 1.82) is 0 Å². The number of benzene rings is 2. The van der Waals surface area contributed by atoms with Crippen molar-refractivity contribution in [1.82, 2.24) is 14.9 Å². The van der Waals surface area contributed by atoms with E-state index in [0.29, 0.717) is 23.1 Å². The molecule has 0 unspecified atom stereocenters. The summed E-state index contributed by atoms with van der Waals surface area (Å²) in [5.74, 6) is 2.72. The number of nitrogens with zero attached hydrogens (tertiary/aromatic N) is 4. The number of aromatic nitrogens is 3. The van der Waals surface area contributed by atoms with Crippen molar-refractivity contribution < 1.29 is 9.47 Å². The normalized spacial score (nSPS) is 11.1. The van der Waals surface area contributed by atoms with E-state index in [0.717, 1.165) is 22.8 Å². The fourth-order valence-corrected chi connectivity index (χ4v) is 2.60. The van der Waals surface area contributed by atoms with Crippen molar-refractivity contribution in [3.63, 3.8) is 0 Å². The van der Waals surface area contributed by atoms with Gasteiger partial charge in [-0.2, -0.15) is 5.10 Å². The average molecular weight is 371 g/mol. The van der Waals surface area contributed by atoms with Crippen LogP contribution in [0.15, 0.2) is 47.6 Å². The number of methoxy groups -OCH3 is 1. The molecule has 3 rings (SSSR count). The molecule has 26 heavy (non-hydrogen) atoms. The Bertz CT molecular complexity index is 918. The van der Waals surface area contributed by atoms with E-state index in [-0.39, 0.29) is 0 Å². The molecule has 1 aromatic heterocycles. The van der Waals surface area contributed by atoms with E-state index in [9.17, 15) is 0 Å². The summed E-state index contributed by atoms with van der Waals surface area (Å²) in [6.07, 6.45) is 1.73. The maximum Gasteiger partial charge on any atom is 0.161 e. The first-order valence-electron chi connectivity index (χ1n) is 8.05. The van der Waals surface area contributed by atoms with E-state index in [4.69, 9.17) is 21.1 Å². The summed E-state index contributed by atoms with van der Waals surface area (Å²) in [5, 5.41) is 13.0. The van der Waals surface area contributed by atoms with Crippen molar-refractivity contribution in [2.24, 2.45) is 5.10 Å². The summed E-state index contributed by atoms with van der Waals surface area (Å²) in [7, 11) is 1.60. The largest absolute Gasteiger partial charge is 0.493 e. The third-order valence-corrected chi connectivity index (χ3v) is 4.17. The number of rotatable bonds is 6. The molecule has 0 spiro atoms. The van der Waals surface area contributed by atoms with Crippen molar-refractivity contribution >= 4 is 17.8 Å². The molecule has 0 N–H and O–H groups in total. The van der Waals surface area contributed by atoms with Gasteiger partial charge in [-0.3, -0.25) is 0 Å². The summed E-state index contributed by atoms with van der Waals surface area (Å²) in [5.41, 5.74) is 1.79. The van der Waals surface area contributed by atoms with Crippen LogP contribution in [0.1, 0.15) is 22.8 Å². The third kappa shape index (κ3) is 4.03. The predicted octanol–water partition coefficient (Wildman–Crippen LogP) is 4.02. The molecule has 2 aromatic carbocycles. The van der Waals surface area contributed by atoms with Gasteiger partial charge < -0.3 is 9.47 Å². The fraction of sp³-hybridized carbons (Fsp3) is 0.211. The molecule has 134 valence electrons. The van der Waals surface area contributed by atoms with E-state index in [1.807, 2.05) is 56.3 Å². The molecule has 0 atom stereocenters. The Labute approximate surface area is 157 Å². The van der Waals surface area contributed by atoms with Crippen LogP contribution in [-0.4, -0.2) is 28.2 Å². The molecular formula is C19H19ClN4O2. The van der Waals surface area contributed by atoms with E-state index >= 15 is 0 Å². The first-order valence-corrected chi connectivity index (χ1v) is 8.43. The molecule has 0 aliphatic rings. The highest BCUT2D eigenvalue weighted by atomic mass is 35.5. The van der Waals surface area contributed by atoms with Crippen molar-refractivity contribution in [3.8, 4) is 11.5 Å². The molecule has 0 aliphatic heterocycles. The van der Waals surface area contributed by atoms with E-state index < -0.39 is 0 Å². The molecular weight excluding hydrogens is 352 g/mol. The lowest BCUT2D eigenvalue weighted by atomic mass is 10.2. The molecule has 0 saturated carbocycles. The van der Waals surface area contributed by atoms with Crippen LogP contribution in [0.3, 0.4) is 0 Å². The zero-order chi connectivity index (χ0) is 18.5. The topological polar surface area (TPSA) is 61.5 Å². The van der Waals surface area contributed by atoms with E-state index in [1.165, 1.54) is 0 Å². The minimum atomic E-state index is 0.364. The van der Waals surface area contributed by atoms with Gasteiger partial charge in [-0.25, -0.2) is 4.68 Å². The van der Waals surface area contributed by atoms with Crippen LogP contribution in [0.4, 0.5) is 0 Å². The zero-order valence-corrected chi connectivity index (χ0v) is 15.6. The van der Waals surface area contributed by atoms with Gasteiger partial charge in [-0.1, -0.05) is 29.8 Å². The highest BCUT2D eigenvalue weighted by molar-refractivity contribution is 6.31. The first kappa shape index (κ1) is 17.9. The number of hydrogen-bond acceptors (Lipinski definition) is 5. The Morgan fingerprint density at radius 2 is 1.81 bits per heavy atom. The average Bonchev–Trinajstić information content (AvgIpc) is 2.97. The van der Waals surface area contributed by atoms with Crippen molar-refractivity contribution in [2.75, 3.05) is 7.11 Å². The summed E-state index contributed by atoms with van der Waals surface area (Å²) in [6, 6.07) is 13.2. The molecule has 7 heteroatoms. The minimum Gasteiger partial charge on any atom is -0.493 e. The van der Waals surface area contributed by atoms with Gasteiger partial charge in [-0.05, 0) is 43.7 Å². The Balaban J connectivity index is 1.76. The van der Waals surface area contributed by atoms with Crippen LogP contribution in [0.2, 0.25) is 5.02 Å². The summed E-state index contributed by atoms with van der Waals surface area (Å²) in [6.45, 7) is 4.07. The third-order valence-electron chi connectivity index (χ3n) is 3.80. The SMILES string of the molecule is COc1cc(C=Nn2c(C)nnc2C)ccc1OCc1ccccc1Cl. The van der Waals surface area contributed by atoms with E-state index in [2.05, 4.69) is 15.3 Å². The predicted molar refractivity (Wildman–Crippen MR) is 101 cm³/mol. The standard InChI is InChI=1S/C19H19ClN4O2/c1-13-22-23-14(2)24(13)21-11-15-8-9-18(19(10-15)25-3)26-12-16-6-4-5-7-17(16)20/h4-11H,12H2,1-3H3. The second-order valence-electron chi connectivity index (χ2n) is 5.64. The Morgan fingerprint density at radius 3 is 2.50 bits per heavy atom. The van der Waals surface area contributed by atoms with Gasteiger partial charge in [0, 0.05) is 10.6 Å². The Kier molecular flexibility index (Phi) is 5.53. The van der Waals surface area contributed by atoms with Gasteiger partial charge in [0.05, 0.1) is 13.3 Å².